The van der Waals surface area contributed by atoms with E-state index in [2.05, 4.69) is 25.7 Å². The van der Waals surface area contributed by atoms with E-state index >= 15 is 0 Å². The summed E-state index contributed by atoms with van der Waals surface area (Å²) < 4.78 is 0. The first-order valence-electron chi connectivity index (χ1n) is 5.12. The summed E-state index contributed by atoms with van der Waals surface area (Å²) in [6, 6.07) is 0. The predicted octanol–water partition coefficient (Wildman–Crippen LogP) is 4.01. The molecule has 0 atom stereocenters. The zero-order valence-electron chi connectivity index (χ0n) is 9.20. The molecule has 8 radical (unpaired) electrons. The SMILES string of the molecule is C[CH][CH][CH]C.[CH]1[CH]CC[CH][CH]CC1.[Rh]. The van der Waals surface area contributed by atoms with Crippen LogP contribution in [0.3, 0.4) is 0 Å². The Labute approximate surface area is 104 Å². The zero-order valence-corrected chi connectivity index (χ0v) is 10.8. The molecule has 0 bridgehead atoms. The molecule has 0 amide bonds. The topological polar surface area (TPSA) is 0 Å². The fourth-order valence-electron chi connectivity index (χ4n) is 1.05. The number of rotatable bonds is 2. The van der Waals surface area contributed by atoms with Gasteiger partial charge in [0.25, 0.3) is 0 Å². The third-order valence-electron chi connectivity index (χ3n) is 1.72. The second kappa shape index (κ2) is 16.1. The van der Waals surface area contributed by atoms with Crippen LogP contribution in [0.15, 0.2) is 0 Å². The second-order valence-electron chi connectivity index (χ2n) is 2.96. The Morgan fingerprint density at radius 1 is 0.714 bits per heavy atom. The molecule has 0 N–H and O–H groups in total. The summed E-state index contributed by atoms with van der Waals surface area (Å²) in [7, 11) is 0. The van der Waals surface area contributed by atoms with Gasteiger partial charge in [0.1, 0.15) is 0 Å². The van der Waals surface area contributed by atoms with Crippen LogP contribution >= 0.6 is 0 Å². The van der Waals surface area contributed by atoms with Crippen LogP contribution in [-0.4, -0.2) is 0 Å². The summed E-state index contributed by atoms with van der Waals surface area (Å²) in [5, 5.41) is 0. The molecule has 14 heavy (non-hydrogen) atoms. The van der Waals surface area contributed by atoms with Gasteiger partial charge >= 0.3 is 0 Å². The van der Waals surface area contributed by atoms with Gasteiger partial charge < -0.3 is 0 Å². The average Bonchev–Trinajstić information content (AvgIpc) is 2.05. The van der Waals surface area contributed by atoms with Crippen LogP contribution in [0.4, 0.5) is 0 Å². The quantitative estimate of drug-likeness (QED) is 0.670. The van der Waals surface area contributed by atoms with E-state index in [9.17, 15) is 0 Å². The van der Waals surface area contributed by atoms with Crippen LogP contribution in [0.2, 0.25) is 0 Å². The summed E-state index contributed by atoms with van der Waals surface area (Å²) >= 11 is 0. The number of hydrogen-bond acceptors (Lipinski definition) is 0. The standard InChI is InChI=1S/C8H12.C5H9.Rh/c1-2-4-6-8-7-5-3-1;1-3-5-4-2;/h1-2,7-8H,3-6H2;3-5H,1-2H3;. The van der Waals surface area contributed by atoms with Gasteiger partial charge in [-0.05, 0) is 70.6 Å². The van der Waals surface area contributed by atoms with Gasteiger partial charge in [-0.15, -0.1) is 0 Å². The molecule has 0 unspecified atom stereocenters. The largest absolute Gasteiger partial charge is 0.0620 e. The van der Waals surface area contributed by atoms with Crippen molar-refractivity contribution in [3.8, 4) is 0 Å². The van der Waals surface area contributed by atoms with Crippen LogP contribution < -0.4 is 0 Å². The van der Waals surface area contributed by atoms with Gasteiger partial charge in [0.15, 0.2) is 0 Å². The summed E-state index contributed by atoms with van der Waals surface area (Å²) in [6.07, 6.45) is 20.0. The average molecular weight is 280 g/mol. The van der Waals surface area contributed by atoms with Crippen LogP contribution in [0.1, 0.15) is 39.5 Å². The van der Waals surface area contributed by atoms with E-state index in [0.29, 0.717) is 0 Å². The molecule has 0 heterocycles. The van der Waals surface area contributed by atoms with Crippen LogP contribution in [-0.2, 0) is 19.5 Å². The van der Waals surface area contributed by atoms with Crippen LogP contribution in [0.25, 0.3) is 0 Å². The number of hydrogen-bond donors (Lipinski definition) is 0. The van der Waals surface area contributed by atoms with Crippen LogP contribution in [0.5, 0.6) is 0 Å². The minimum absolute atomic E-state index is 0. The maximum Gasteiger partial charge on any atom is 0 e. The minimum atomic E-state index is 0. The van der Waals surface area contributed by atoms with Crippen LogP contribution in [0, 0.1) is 44.9 Å². The molecular formula is C13H21Rh. The molecule has 0 aromatic carbocycles. The molecule has 1 rings (SSSR count). The van der Waals surface area contributed by atoms with Gasteiger partial charge in [0.05, 0.1) is 0 Å². The summed E-state index contributed by atoms with van der Waals surface area (Å²) in [4.78, 5) is 0. The van der Waals surface area contributed by atoms with Gasteiger partial charge in [-0.3, -0.25) is 0 Å². The second-order valence-corrected chi connectivity index (χ2v) is 2.96. The molecule has 1 aliphatic rings. The van der Waals surface area contributed by atoms with E-state index in [1.807, 2.05) is 33.1 Å². The molecule has 1 saturated carbocycles. The Kier molecular flexibility index (Phi) is 19.5. The fourth-order valence-corrected chi connectivity index (χ4v) is 1.05. The molecule has 1 fully saturated rings. The monoisotopic (exact) mass is 280 g/mol. The maximum atomic E-state index is 2.27. The van der Waals surface area contributed by atoms with E-state index in [0.717, 1.165) is 0 Å². The summed E-state index contributed by atoms with van der Waals surface area (Å²) in [5.41, 5.74) is 0. The first-order valence-corrected chi connectivity index (χ1v) is 5.12. The van der Waals surface area contributed by atoms with Gasteiger partial charge in [-0.2, -0.15) is 0 Å². The van der Waals surface area contributed by atoms with Crippen molar-refractivity contribution >= 4 is 0 Å². The van der Waals surface area contributed by atoms with Crippen molar-refractivity contribution in [1.29, 1.82) is 0 Å². The van der Waals surface area contributed by atoms with Gasteiger partial charge in [-0.1, -0.05) is 13.8 Å². The van der Waals surface area contributed by atoms with Crippen molar-refractivity contribution in [2.75, 3.05) is 0 Å². The Morgan fingerprint density at radius 3 is 1.14 bits per heavy atom. The minimum Gasteiger partial charge on any atom is -0.0620 e. The predicted molar refractivity (Wildman–Crippen MR) is 59.9 cm³/mol. The molecule has 0 aromatic rings. The van der Waals surface area contributed by atoms with E-state index < -0.39 is 0 Å². The molecule has 1 aliphatic carbocycles. The Hall–Kier alpha value is 0.623. The van der Waals surface area contributed by atoms with E-state index in [1.165, 1.54) is 25.7 Å². The molecular weight excluding hydrogens is 259 g/mol. The Morgan fingerprint density at radius 2 is 1.00 bits per heavy atom. The molecule has 0 spiro atoms. The smallest absolute Gasteiger partial charge is 0 e. The Bertz CT molecular complexity index is 55.3. The van der Waals surface area contributed by atoms with Gasteiger partial charge in [0.2, 0.25) is 0 Å². The maximum absolute atomic E-state index is 2.27. The molecule has 0 saturated heterocycles. The van der Waals surface area contributed by atoms with Crippen molar-refractivity contribution in [2.45, 2.75) is 39.5 Å². The third-order valence-corrected chi connectivity index (χ3v) is 1.72. The van der Waals surface area contributed by atoms with Crippen molar-refractivity contribution in [1.82, 2.24) is 0 Å². The van der Waals surface area contributed by atoms with Crippen molar-refractivity contribution in [2.24, 2.45) is 0 Å². The molecule has 1 heteroatoms. The fraction of sp³-hybridized carbons (Fsp3) is 0.462. The van der Waals surface area contributed by atoms with E-state index in [4.69, 9.17) is 0 Å². The molecule has 0 aromatic heterocycles. The summed E-state index contributed by atoms with van der Waals surface area (Å²) in [6.45, 7) is 4.00. The normalized spacial score (nSPS) is 16.7. The third kappa shape index (κ3) is 15.1. The van der Waals surface area contributed by atoms with Crippen molar-refractivity contribution < 1.29 is 19.5 Å². The Balaban J connectivity index is 0. The molecule has 0 aliphatic heterocycles. The van der Waals surface area contributed by atoms with Gasteiger partial charge in [-0.25, -0.2) is 0 Å². The number of unbranched alkanes of at least 4 members (excludes halogenated alkanes) is 2. The van der Waals surface area contributed by atoms with Gasteiger partial charge in [0, 0.05) is 19.5 Å². The zero-order chi connectivity index (χ0) is 9.78. The van der Waals surface area contributed by atoms with Crippen molar-refractivity contribution in [3.63, 3.8) is 0 Å². The summed E-state index contributed by atoms with van der Waals surface area (Å²) in [5.74, 6) is 0. The van der Waals surface area contributed by atoms with E-state index in [1.54, 1.807) is 0 Å². The van der Waals surface area contributed by atoms with E-state index in [-0.39, 0.29) is 19.5 Å². The first-order chi connectivity index (χ1) is 6.41. The molecule has 82 valence electrons. The van der Waals surface area contributed by atoms with Crippen molar-refractivity contribution in [3.05, 3.63) is 44.9 Å². The molecule has 0 nitrogen and oxygen atoms in total. The first kappa shape index (κ1) is 17.0.